The van der Waals surface area contributed by atoms with Crippen LogP contribution in [0.15, 0.2) is 0 Å². The first-order chi connectivity index (χ1) is 44.5. The maximum absolute atomic E-state index is 13.1. The molecule has 0 aromatic heterocycles. The SMILES string of the molecule is CCCCCCCCCCCCCCCCC(=O)OC[C@H](COP(=O)(O)OC[C@@H](O)COP(=O)(O)OC[C@@H](COC(=O)CCCCCCCCCC)OC(=O)CCCCCCCCCCCCC)OC(=O)CCCCCCCCCCCCCCCCCCC(C)C. The maximum atomic E-state index is 13.1. The number of aliphatic hydroxyl groups is 1. The standard InChI is InChI=1S/C73H142O17P2/c1-6-9-12-15-18-21-23-24-30-34-37-42-47-52-57-71(76)84-63-69(90-73(78)59-54-49-44-39-35-31-28-26-25-27-29-33-36-40-45-50-55-66(4)5)65-88-92(81,82)86-61-67(74)60-85-91(79,80)87-64-68(62-83-70(75)56-51-46-41-20-17-14-11-8-3)89-72(77)58-53-48-43-38-32-22-19-16-13-10-7-2/h66-69,74H,6-65H2,1-5H3,(H,79,80)(H,81,82)/t67-,68+,69+/m0/s1. The molecule has 2 unspecified atom stereocenters. The molecule has 0 heterocycles. The van der Waals surface area contributed by atoms with Gasteiger partial charge in [0.15, 0.2) is 12.2 Å². The van der Waals surface area contributed by atoms with Crippen molar-refractivity contribution >= 4 is 39.5 Å². The number of hydrogen-bond acceptors (Lipinski definition) is 15. The van der Waals surface area contributed by atoms with E-state index < -0.39 is 97.5 Å². The predicted molar refractivity (Wildman–Crippen MR) is 372 cm³/mol. The average molecular weight is 1350 g/mol. The van der Waals surface area contributed by atoms with Gasteiger partial charge in [-0.3, -0.25) is 37.3 Å². The Morgan fingerprint density at radius 3 is 0.739 bits per heavy atom. The highest BCUT2D eigenvalue weighted by atomic mass is 31.2. The fraction of sp³-hybridized carbons (Fsp3) is 0.945. The summed E-state index contributed by atoms with van der Waals surface area (Å²) in [7, 11) is -9.90. The Bertz CT molecular complexity index is 1770. The molecule has 17 nitrogen and oxygen atoms in total. The highest BCUT2D eigenvalue weighted by molar-refractivity contribution is 7.47. The lowest BCUT2D eigenvalue weighted by molar-refractivity contribution is -0.161. The Morgan fingerprint density at radius 2 is 0.500 bits per heavy atom. The van der Waals surface area contributed by atoms with Crippen LogP contribution < -0.4 is 0 Å². The fourth-order valence-corrected chi connectivity index (χ4v) is 12.8. The average Bonchev–Trinajstić information content (AvgIpc) is 1.92. The van der Waals surface area contributed by atoms with E-state index in [9.17, 15) is 43.2 Å². The number of hydrogen-bond donors (Lipinski definition) is 3. The van der Waals surface area contributed by atoms with E-state index in [4.69, 9.17) is 37.0 Å². The van der Waals surface area contributed by atoms with Crippen LogP contribution in [0.5, 0.6) is 0 Å². The number of esters is 4. The van der Waals surface area contributed by atoms with Crippen molar-refractivity contribution in [3.63, 3.8) is 0 Å². The number of aliphatic hydroxyl groups excluding tert-OH is 1. The first-order valence-corrected chi connectivity index (χ1v) is 41.1. The Balaban J connectivity index is 5.19. The lowest BCUT2D eigenvalue weighted by Gasteiger charge is -2.21. The molecule has 3 N–H and O–H groups in total. The number of carbonyl (C=O) groups excluding carboxylic acids is 4. The highest BCUT2D eigenvalue weighted by Crippen LogP contribution is 2.45. The van der Waals surface area contributed by atoms with Gasteiger partial charge in [0.2, 0.25) is 0 Å². The number of phosphoric ester groups is 2. The zero-order valence-corrected chi connectivity index (χ0v) is 61.5. The molecule has 0 rings (SSSR count). The summed E-state index contributed by atoms with van der Waals surface area (Å²) in [5, 5.41) is 10.6. The predicted octanol–water partition coefficient (Wildman–Crippen LogP) is 21.3. The minimum atomic E-state index is -4.95. The summed E-state index contributed by atoms with van der Waals surface area (Å²) in [6.45, 7) is 7.27. The molecule has 0 aliphatic heterocycles. The van der Waals surface area contributed by atoms with Crippen LogP contribution in [-0.4, -0.2) is 96.7 Å². The molecule has 0 fully saturated rings. The van der Waals surface area contributed by atoms with Gasteiger partial charge in [0.1, 0.15) is 19.3 Å². The van der Waals surface area contributed by atoms with E-state index >= 15 is 0 Å². The number of ether oxygens (including phenoxy) is 4. The molecule has 0 spiro atoms. The van der Waals surface area contributed by atoms with Gasteiger partial charge in [0, 0.05) is 25.7 Å². The molecule has 0 saturated heterocycles. The molecule has 0 aliphatic rings. The van der Waals surface area contributed by atoms with Crippen LogP contribution in [-0.2, 0) is 65.4 Å². The van der Waals surface area contributed by atoms with Gasteiger partial charge in [-0.2, -0.15) is 0 Å². The van der Waals surface area contributed by atoms with Gasteiger partial charge in [-0.1, -0.05) is 330 Å². The van der Waals surface area contributed by atoms with Crippen LogP contribution in [0.2, 0.25) is 0 Å². The highest BCUT2D eigenvalue weighted by Gasteiger charge is 2.30. The second kappa shape index (κ2) is 66.3. The van der Waals surface area contributed by atoms with Crippen molar-refractivity contribution in [3.8, 4) is 0 Å². The minimum absolute atomic E-state index is 0.107. The summed E-state index contributed by atoms with van der Waals surface area (Å²) in [6.07, 6.45) is 54.1. The van der Waals surface area contributed by atoms with Gasteiger partial charge in [-0.15, -0.1) is 0 Å². The van der Waals surface area contributed by atoms with Gasteiger partial charge in [-0.25, -0.2) is 9.13 Å². The van der Waals surface area contributed by atoms with Gasteiger partial charge in [0.25, 0.3) is 0 Å². The molecular weight excluding hydrogens is 1210 g/mol. The third-order valence-electron chi connectivity index (χ3n) is 17.0. The summed E-state index contributed by atoms with van der Waals surface area (Å²) >= 11 is 0. The smallest absolute Gasteiger partial charge is 0.462 e. The van der Waals surface area contributed by atoms with Crippen LogP contribution >= 0.6 is 15.6 Å². The number of phosphoric acid groups is 2. The summed E-state index contributed by atoms with van der Waals surface area (Å²) in [5.74, 6) is -1.31. The van der Waals surface area contributed by atoms with Crippen molar-refractivity contribution in [2.24, 2.45) is 5.92 Å². The Hall–Kier alpha value is -1.94. The lowest BCUT2D eigenvalue weighted by Crippen LogP contribution is -2.30. The molecule has 0 saturated carbocycles. The molecule has 5 atom stereocenters. The van der Waals surface area contributed by atoms with Gasteiger partial charge < -0.3 is 33.8 Å². The molecule has 0 aliphatic carbocycles. The normalized spacial score (nSPS) is 14.0. The number of unbranched alkanes of at least 4 members (excludes halogenated alkanes) is 45. The minimum Gasteiger partial charge on any atom is -0.462 e. The van der Waals surface area contributed by atoms with E-state index in [1.54, 1.807) is 0 Å². The van der Waals surface area contributed by atoms with Crippen molar-refractivity contribution in [1.29, 1.82) is 0 Å². The topological polar surface area (TPSA) is 237 Å². The van der Waals surface area contributed by atoms with Crippen molar-refractivity contribution in [1.82, 2.24) is 0 Å². The van der Waals surface area contributed by atoms with E-state index in [-0.39, 0.29) is 25.7 Å². The van der Waals surface area contributed by atoms with Crippen LogP contribution in [0.25, 0.3) is 0 Å². The first-order valence-electron chi connectivity index (χ1n) is 38.1. The quantitative estimate of drug-likeness (QED) is 0.0222. The molecule has 0 amide bonds. The van der Waals surface area contributed by atoms with Crippen LogP contribution in [0.1, 0.15) is 381 Å². The summed E-state index contributed by atoms with van der Waals surface area (Å²) in [6, 6.07) is 0. The van der Waals surface area contributed by atoms with Crippen molar-refractivity contribution in [2.75, 3.05) is 39.6 Å². The Labute approximate surface area is 562 Å². The van der Waals surface area contributed by atoms with E-state index in [1.807, 2.05) is 0 Å². The van der Waals surface area contributed by atoms with E-state index in [1.165, 1.54) is 199 Å². The molecule has 0 aromatic carbocycles. The maximum Gasteiger partial charge on any atom is 0.472 e. The third-order valence-corrected chi connectivity index (χ3v) is 18.9. The third kappa shape index (κ3) is 66.7. The molecule has 0 aromatic rings. The fourth-order valence-electron chi connectivity index (χ4n) is 11.2. The van der Waals surface area contributed by atoms with E-state index in [0.29, 0.717) is 25.7 Å². The molecule has 546 valence electrons. The van der Waals surface area contributed by atoms with Gasteiger partial charge in [-0.05, 0) is 31.6 Å². The van der Waals surface area contributed by atoms with Crippen LogP contribution in [0, 0.1) is 5.92 Å². The summed E-state index contributed by atoms with van der Waals surface area (Å²) < 4.78 is 68.3. The second-order valence-electron chi connectivity index (χ2n) is 26.8. The second-order valence-corrected chi connectivity index (χ2v) is 29.7. The molecule has 0 bridgehead atoms. The summed E-state index contributed by atoms with van der Waals surface area (Å²) in [4.78, 5) is 72.6. The lowest BCUT2D eigenvalue weighted by atomic mass is 10.0. The Morgan fingerprint density at radius 1 is 0.293 bits per heavy atom. The summed E-state index contributed by atoms with van der Waals surface area (Å²) in [5.41, 5.74) is 0. The first kappa shape index (κ1) is 90.1. The monoisotopic (exact) mass is 1350 g/mol. The van der Waals surface area contributed by atoms with E-state index in [0.717, 1.165) is 102 Å². The zero-order valence-electron chi connectivity index (χ0n) is 59.7. The Kier molecular flexibility index (Phi) is 64.9. The van der Waals surface area contributed by atoms with Crippen molar-refractivity contribution in [3.05, 3.63) is 0 Å². The van der Waals surface area contributed by atoms with Crippen molar-refractivity contribution < 1.29 is 80.2 Å². The number of carbonyl (C=O) groups is 4. The largest absolute Gasteiger partial charge is 0.472 e. The van der Waals surface area contributed by atoms with E-state index in [2.05, 4.69) is 34.6 Å². The van der Waals surface area contributed by atoms with Gasteiger partial charge >= 0.3 is 39.5 Å². The van der Waals surface area contributed by atoms with Crippen LogP contribution in [0.4, 0.5) is 0 Å². The molecular formula is C73H142O17P2. The van der Waals surface area contributed by atoms with Gasteiger partial charge in [0.05, 0.1) is 26.4 Å². The zero-order chi connectivity index (χ0) is 67.7. The number of rotatable bonds is 73. The molecule has 19 heteroatoms. The van der Waals surface area contributed by atoms with Crippen LogP contribution in [0.3, 0.4) is 0 Å². The van der Waals surface area contributed by atoms with Crippen molar-refractivity contribution in [2.45, 2.75) is 400 Å². The molecule has 92 heavy (non-hydrogen) atoms. The molecule has 0 radical (unpaired) electrons.